The Morgan fingerprint density at radius 2 is 2.10 bits per heavy atom. The maximum Gasteiger partial charge on any atom is 0.272 e. The van der Waals surface area contributed by atoms with E-state index in [-0.39, 0.29) is 23.9 Å². The third-order valence-electron chi connectivity index (χ3n) is 3.86. The molecule has 0 fully saturated rings. The first-order valence-electron chi connectivity index (χ1n) is 6.71. The summed E-state index contributed by atoms with van der Waals surface area (Å²) in [6.45, 7) is 4.46. The number of carbonyl (C=O) groups is 1. The molecule has 0 atom stereocenters. The molecule has 1 heterocycles. The fourth-order valence-corrected chi connectivity index (χ4v) is 2.59. The number of nitrogens with zero attached hydrogens (tertiary/aromatic N) is 1. The third kappa shape index (κ3) is 3.56. The van der Waals surface area contributed by atoms with Crippen LogP contribution in [0.5, 0.6) is 0 Å². The summed E-state index contributed by atoms with van der Waals surface area (Å²) in [4.78, 5) is 12.5. The first-order chi connectivity index (χ1) is 9.55. The second-order valence-electron chi connectivity index (χ2n) is 4.91. The molecule has 0 bridgehead atoms. The van der Waals surface area contributed by atoms with Crippen molar-refractivity contribution < 1.29 is 4.79 Å². The molecule has 0 saturated heterocycles. The van der Waals surface area contributed by atoms with Crippen LogP contribution in [0, 0.1) is 0 Å². The van der Waals surface area contributed by atoms with Gasteiger partial charge in [-0.15, -0.1) is 12.4 Å². The van der Waals surface area contributed by atoms with Crippen LogP contribution in [0.25, 0.3) is 10.9 Å². The van der Waals surface area contributed by atoms with Gasteiger partial charge in [0.05, 0.1) is 11.1 Å². The van der Waals surface area contributed by atoms with E-state index in [0.29, 0.717) is 12.2 Å². The molecule has 0 aliphatic rings. The van der Waals surface area contributed by atoms with Gasteiger partial charge in [-0.25, -0.2) is 0 Å². The quantitative estimate of drug-likeness (QED) is 0.751. The summed E-state index contributed by atoms with van der Waals surface area (Å²) in [5.41, 5.74) is 6.69. The Bertz CT molecular complexity index is 616. The van der Waals surface area contributed by atoms with Gasteiger partial charge in [0.15, 0.2) is 5.69 Å². The molecule has 1 aromatic carbocycles. The van der Waals surface area contributed by atoms with E-state index < -0.39 is 0 Å². The fourth-order valence-electron chi connectivity index (χ4n) is 2.23. The number of hydrogen-bond acceptors (Lipinski definition) is 3. The lowest BCUT2D eigenvalue weighted by atomic mass is 9.92. The van der Waals surface area contributed by atoms with E-state index in [1.807, 2.05) is 32.0 Å². The molecule has 1 aromatic heterocycles. The number of benzene rings is 1. The van der Waals surface area contributed by atoms with Crippen LogP contribution in [-0.2, 0) is 0 Å². The third-order valence-corrected chi connectivity index (χ3v) is 4.36. The van der Waals surface area contributed by atoms with Gasteiger partial charge in [0.1, 0.15) is 0 Å². The first kappa shape index (κ1) is 17.9. The van der Waals surface area contributed by atoms with Gasteiger partial charge in [-0.3, -0.25) is 9.89 Å². The van der Waals surface area contributed by atoms with E-state index in [4.69, 9.17) is 5.73 Å². The predicted octanol–water partition coefficient (Wildman–Crippen LogP) is 2.99. The largest absolute Gasteiger partial charge is 0.344 e. The molecule has 2 rings (SSSR count). The van der Waals surface area contributed by atoms with Crippen molar-refractivity contribution in [2.45, 2.75) is 32.2 Å². The number of amides is 1. The van der Waals surface area contributed by atoms with E-state index in [1.54, 1.807) is 0 Å². The highest BCUT2D eigenvalue weighted by molar-refractivity contribution is 9.10. The highest BCUT2D eigenvalue weighted by atomic mass is 79.9. The minimum atomic E-state index is -0.367. The van der Waals surface area contributed by atoms with Crippen molar-refractivity contribution in [1.29, 1.82) is 0 Å². The number of rotatable bonds is 5. The summed E-state index contributed by atoms with van der Waals surface area (Å²) in [6.07, 6.45) is 1.58. The maximum absolute atomic E-state index is 12.5. The molecule has 0 aliphatic carbocycles. The number of nitrogens with one attached hydrogen (secondary N) is 2. The zero-order valence-electron chi connectivity index (χ0n) is 12.1. The molecule has 4 N–H and O–H groups in total. The van der Waals surface area contributed by atoms with Crippen LogP contribution in [0.1, 0.15) is 37.2 Å². The van der Waals surface area contributed by atoms with E-state index >= 15 is 0 Å². The van der Waals surface area contributed by atoms with Crippen molar-refractivity contribution in [2.75, 3.05) is 6.54 Å². The molecule has 0 aliphatic heterocycles. The van der Waals surface area contributed by atoms with Crippen molar-refractivity contribution >= 4 is 45.1 Å². The second kappa shape index (κ2) is 7.24. The Morgan fingerprint density at radius 3 is 2.67 bits per heavy atom. The minimum Gasteiger partial charge on any atom is -0.344 e. The summed E-state index contributed by atoms with van der Waals surface area (Å²) < 4.78 is 0.913. The second-order valence-corrected chi connectivity index (χ2v) is 5.82. The Labute approximate surface area is 138 Å². The van der Waals surface area contributed by atoms with E-state index in [0.717, 1.165) is 28.2 Å². The van der Waals surface area contributed by atoms with Crippen molar-refractivity contribution in [1.82, 2.24) is 15.5 Å². The zero-order valence-corrected chi connectivity index (χ0v) is 14.5. The molecule has 0 unspecified atom stereocenters. The van der Waals surface area contributed by atoms with E-state index in [2.05, 4.69) is 31.4 Å². The van der Waals surface area contributed by atoms with Gasteiger partial charge in [-0.1, -0.05) is 29.8 Å². The summed E-state index contributed by atoms with van der Waals surface area (Å²) in [6, 6.07) is 5.68. The lowest BCUT2D eigenvalue weighted by molar-refractivity contribution is 0.0891. The summed E-state index contributed by atoms with van der Waals surface area (Å²) in [7, 11) is 0. The van der Waals surface area contributed by atoms with Crippen LogP contribution in [0.2, 0.25) is 0 Å². The predicted molar refractivity (Wildman–Crippen MR) is 90.9 cm³/mol. The van der Waals surface area contributed by atoms with Crippen LogP contribution in [0.15, 0.2) is 22.7 Å². The summed E-state index contributed by atoms with van der Waals surface area (Å²) >= 11 is 3.41. The Kier molecular flexibility index (Phi) is 6.19. The molecular formula is C14H20BrClN4O. The lowest BCUT2D eigenvalue weighted by Gasteiger charge is -2.31. The van der Waals surface area contributed by atoms with Crippen LogP contribution >= 0.6 is 28.3 Å². The van der Waals surface area contributed by atoms with Crippen LogP contribution in [-0.4, -0.2) is 28.2 Å². The number of aromatic nitrogens is 2. The Morgan fingerprint density at radius 1 is 1.43 bits per heavy atom. The van der Waals surface area contributed by atoms with Crippen molar-refractivity contribution in [3.63, 3.8) is 0 Å². The minimum absolute atomic E-state index is 0. The number of carbonyl (C=O) groups excluding carboxylic acids is 1. The first-order valence-corrected chi connectivity index (χ1v) is 7.50. The van der Waals surface area contributed by atoms with Crippen molar-refractivity contribution in [3.05, 3.63) is 28.4 Å². The molecule has 116 valence electrons. The number of aromatic amines is 1. The van der Waals surface area contributed by atoms with Gasteiger partial charge >= 0.3 is 0 Å². The average molecular weight is 376 g/mol. The molecule has 21 heavy (non-hydrogen) atoms. The van der Waals surface area contributed by atoms with Crippen molar-refractivity contribution in [3.8, 4) is 0 Å². The van der Waals surface area contributed by atoms with Crippen LogP contribution in [0.3, 0.4) is 0 Å². The maximum atomic E-state index is 12.5. The van der Waals surface area contributed by atoms with Gasteiger partial charge in [0.2, 0.25) is 0 Å². The molecule has 0 spiro atoms. The number of H-pyrrole nitrogens is 1. The number of nitrogens with two attached hydrogens (primary N) is 1. The van der Waals surface area contributed by atoms with E-state index in [9.17, 15) is 4.79 Å². The summed E-state index contributed by atoms with van der Waals surface area (Å²) in [5, 5.41) is 10.8. The molecule has 5 nitrogen and oxygen atoms in total. The molecule has 0 saturated carbocycles. The smallest absolute Gasteiger partial charge is 0.272 e. The van der Waals surface area contributed by atoms with Gasteiger partial charge in [0.25, 0.3) is 5.91 Å². The van der Waals surface area contributed by atoms with E-state index in [1.165, 1.54) is 0 Å². The molecule has 1 amide bonds. The molecular weight excluding hydrogens is 356 g/mol. The number of fused-ring (bicyclic) bond motifs is 1. The van der Waals surface area contributed by atoms with Gasteiger partial charge in [-0.2, -0.15) is 5.10 Å². The molecule has 2 aromatic rings. The van der Waals surface area contributed by atoms with Crippen LogP contribution in [0.4, 0.5) is 0 Å². The van der Waals surface area contributed by atoms with Gasteiger partial charge < -0.3 is 11.1 Å². The standard InChI is InChI=1S/C14H19BrN4O.ClH/c1-3-14(4-2,8-16)17-13(20)12-10-7-9(15)5-6-11(10)18-19-12;/h5-7H,3-4,8,16H2,1-2H3,(H,17,20)(H,18,19);1H. The number of hydrogen-bond donors (Lipinski definition) is 3. The van der Waals surface area contributed by atoms with Crippen LogP contribution < -0.4 is 11.1 Å². The zero-order chi connectivity index (χ0) is 14.8. The summed E-state index contributed by atoms with van der Waals surface area (Å²) in [5.74, 6) is -0.191. The molecule has 7 heteroatoms. The van der Waals surface area contributed by atoms with Gasteiger partial charge in [0, 0.05) is 16.4 Å². The SMILES string of the molecule is CCC(CC)(CN)NC(=O)c1n[nH]c2ccc(Br)cc12.Cl. The Hall–Kier alpha value is -1.11. The average Bonchev–Trinajstić information content (AvgIpc) is 2.88. The normalized spacial score (nSPS) is 11.2. The fraction of sp³-hybridized carbons (Fsp3) is 0.429. The lowest BCUT2D eigenvalue weighted by Crippen LogP contribution is -2.53. The molecule has 0 radical (unpaired) electrons. The van der Waals surface area contributed by atoms with Gasteiger partial charge in [-0.05, 0) is 31.0 Å². The number of halogens is 2. The highest BCUT2D eigenvalue weighted by Crippen LogP contribution is 2.22. The topological polar surface area (TPSA) is 83.8 Å². The monoisotopic (exact) mass is 374 g/mol. The van der Waals surface area contributed by atoms with Crippen molar-refractivity contribution in [2.24, 2.45) is 5.73 Å². The Balaban J connectivity index is 0.00000220. The highest BCUT2D eigenvalue weighted by Gasteiger charge is 2.28.